The Morgan fingerprint density at radius 3 is 2.71 bits per heavy atom. The van der Waals surface area contributed by atoms with Crippen molar-refractivity contribution in [2.75, 3.05) is 44.3 Å². The van der Waals surface area contributed by atoms with Gasteiger partial charge in [0.15, 0.2) is 0 Å². The highest BCUT2D eigenvalue weighted by Gasteiger charge is 2.28. The van der Waals surface area contributed by atoms with Crippen LogP contribution >= 0.6 is 12.2 Å². The van der Waals surface area contributed by atoms with Crippen LogP contribution in [0.15, 0.2) is 18.2 Å². The lowest BCUT2D eigenvalue weighted by atomic mass is 10.1. The molecule has 5 heteroatoms. The lowest BCUT2D eigenvalue weighted by Crippen LogP contribution is -2.44. The van der Waals surface area contributed by atoms with Crippen molar-refractivity contribution in [3.63, 3.8) is 0 Å². The zero-order chi connectivity index (χ0) is 14.8. The Hall–Kier alpha value is -1.17. The van der Waals surface area contributed by atoms with E-state index in [2.05, 4.69) is 34.9 Å². The quantitative estimate of drug-likeness (QED) is 0.858. The van der Waals surface area contributed by atoms with E-state index in [1.165, 1.54) is 12.1 Å². The highest BCUT2D eigenvalue weighted by molar-refractivity contribution is 7.80. The summed E-state index contributed by atoms with van der Waals surface area (Å²) in [5, 5.41) is 0. The third-order valence-electron chi connectivity index (χ3n) is 4.57. The first-order valence-electron chi connectivity index (χ1n) is 7.62. The van der Waals surface area contributed by atoms with Crippen LogP contribution in [0.5, 0.6) is 0 Å². The smallest absolute Gasteiger partial charge is 0.104 e. The standard InChI is InChI=1S/C16H23N3OS/c1-12-10-13(2-3-15(12)16(17)21)19-5-4-14(11-19)18-6-8-20-9-7-18/h2-3,10,14H,4-9,11H2,1H3,(H2,17,21). The Labute approximate surface area is 131 Å². The van der Waals surface area contributed by atoms with E-state index in [-0.39, 0.29) is 0 Å². The van der Waals surface area contributed by atoms with Gasteiger partial charge in [-0.3, -0.25) is 4.90 Å². The second-order valence-corrected chi connectivity index (χ2v) is 6.34. The fourth-order valence-corrected chi connectivity index (χ4v) is 3.57. The molecule has 0 aromatic heterocycles. The molecule has 2 N–H and O–H groups in total. The minimum Gasteiger partial charge on any atom is -0.389 e. The lowest BCUT2D eigenvalue weighted by Gasteiger charge is -2.32. The Morgan fingerprint density at radius 1 is 1.29 bits per heavy atom. The van der Waals surface area contributed by atoms with Crippen molar-refractivity contribution in [2.45, 2.75) is 19.4 Å². The fraction of sp³-hybridized carbons (Fsp3) is 0.562. The molecular formula is C16H23N3OS. The lowest BCUT2D eigenvalue weighted by molar-refractivity contribution is 0.0209. The SMILES string of the molecule is Cc1cc(N2CCC(N3CCOCC3)C2)ccc1C(N)=S. The maximum Gasteiger partial charge on any atom is 0.104 e. The van der Waals surface area contributed by atoms with E-state index in [1.807, 2.05) is 0 Å². The van der Waals surface area contributed by atoms with E-state index in [0.717, 1.165) is 50.5 Å². The van der Waals surface area contributed by atoms with E-state index in [9.17, 15) is 0 Å². The average molecular weight is 305 g/mol. The molecule has 3 rings (SSSR count). The summed E-state index contributed by atoms with van der Waals surface area (Å²) in [6.07, 6.45) is 1.23. The van der Waals surface area contributed by atoms with Gasteiger partial charge in [0.25, 0.3) is 0 Å². The average Bonchev–Trinajstić information content (AvgIpc) is 2.97. The normalized spacial score (nSPS) is 23.5. The number of nitrogens with two attached hydrogens (primary N) is 1. The van der Waals surface area contributed by atoms with E-state index in [0.29, 0.717) is 11.0 Å². The maximum atomic E-state index is 5.74. The predicted molar refractivity (Wildman–Crippen MR) is 90.1 cm³/mol. The van der Waals surface area contributed by atoms with Crippen molar-refractivity contribution >= 4 is 22.9 Å². The molecule has 1 unspecified atom stereocenters. The Balaban J connectivity index is 1.68. The second-order valence-electron chi connectivity index (χ2n) is 5.90. The van der Waals surface area contributed by atoms with Gasteiger partial charge in [0.2, 0.25) is 0 Å². The number of nitrogens with zero attached hydrogens (tertiary/aromatic N) is 2. The monoisotopic (exact) mass is 305 g/mol. The molecule has 2 saturated heterocycles. The van der Waals surface area contributed by atoms with Crippen LogP contribution in [0.2, 0.25) is 0 Å². The molecule has 2 heterocycles. The molecule has 1 atom stereocenters. The highest BCUT2D eigenvalue weighted by Crippen LogP contribution is 2.25. The highest BCUT2D eigenvalue weighted by atomic mass is 32.1. The minimum absolute atomic E-state index is 0.478. The molecule has 2 fully saturated rings. The summed E-state index contributed by atoms with van der Waals surface area (Å²) in [6.45, 7) is 8.18. The number of thiocarbonyl (C=S) groups is 1. The van der Waals surface area contributed by atoms with Gasteiger partial charge < -0.3 is 15.4 Å². The Bertz CT molecular complexity index is 528. The van der Waals surface area contributed by atoms with Gasteiger partial charge in [-0.05, 0) is 37.1 Å². The number of hydrogen-bond acceptors (Lipinski definition) is 4. The number of hydrogen-bond donors (Lipinski definition) is 1. The number of aryl methyl sites for hydroxylation is 1. The summed E-state index contributed by atoms with van der Waals surface area (Å²) in [5.41, 5.74) is 9.16. The summed E-state index contributed by atoms with van der Waals surface area (Å²) in [6, 6.07) is 7.05. The molecule has 114 valence electrons. The van der Waals surface area contributed by atoms with Crippen LogP contribution in [0, 0.1) is 6.92 Å². The largest absolute Gasteiger partial charge is 0.389 e. The first kappa shape index (κ1) is 14.8. The molecule has 0 radical (unpaired) electrons. The molecule has 21 heavy (non-hydrogen) atoms. The molecular weight excluding hydrogens is 282 g/mol. The number of benzene rings is 1. The molecule has 0 amide bonds. The van der Waals surface area contributed by atoms with Crippen molar-refractivity contribution in [3.8, 4) is 0 Å². The summed E-state index contributed by atoms with van der Waals surface area (Å²) < 4.78 is 5.44. The summed E-state index contributed by atoms with van der Waals surface area (Å²) in [4.78, 5) is 5.52. The van der Waals surface area contributed by atoms with Crippen LogP contribution in [0.1, 0.15) is 17.5 Å². The molecule has 2 aliphatic heterocycles. The summed E-state index contributed by atoms with van der Waals surface area (Å²) in [5.74, 6) is 0. The molecule has 0 saturated carbocycles. The van der Waals surface area contributed by atoms with Crippen LogP contribution in [0.3, 0.4) is 0 Å². The van der Waals surface area contributed by atoms with Crippen molar-refractivity contribution in [1.29, 1.82) is 0 Å². The third kappa shape index (κ3) is 3.20. The van der Waals surface area contributed by atoms with Gasteiger partial charge in [-0.15, -0.1) is 0 Å². The van der Waals surface area contributed by atoms with E-state index in [4.69, 9.17) is 22.7 Å². The summed E-state index contributed by atoms with van der Waals surface area (Å²) in [7, 11) is 0. The van der Waals surface area contributed by atoms with Gasteiger partial charge in [0, 0.05) is 43.5 Å². The van der Waals surface area contributed by atoms with Crippen molar-refractivity contribution in [1.82, 2.24) is 4.90 Å². The molecule has 0 spiro atoms. The maximum absolute atomic E-state index is 5.74. The van der Waals surface area contributed by atoms with Gasteiger partial charge in [-0.1, -0.05) is 12.2 Å². The van der Waals surface area contributed by atoms with Crippen LogP contribution in [-0.4, -0.2) is 55.3 Å². The zero-order valence-electron chi connectivity index (χ0n) is 12.5. The molecule has 2 aliphatic rings. The number of ether oxygens (including phenoxy) is 1. The first-order chi connectivity index (χ1) is 10.1. The Morgan fingerprint density at radius 2 is 2.05 bits per heavy atom. The summed E-state index contributed by atoms with van der Waals surface area (Å²) >= 11 is 5.08. The van der Waals surface area contributed by atoms with Crippen LogP contribution in [0.4, 0.5) is 5.69 Å². The fourth-order valence-electron chi connectivity index (χ4n) is 3.34. The number of rotatable bonds is 3. The van der Waals surface area contributed by atoms with Crippen molar-refractivity contribution < 1.29 is 4.74 Å². The molecule has 1 aromatic carbocycles. The number of anilines is 1. The zero-order valence-corrected chi connectivity index (χ0v) is 13.4. The van der Waals surface area contributed by atoms with Gasteiger partial charge in [0.05, 0.1) is 13.2 Å². The van der Waals surface area contributed by atoms with Crippen molar-refractivity contribution in [2.24, 2.45) is 5.73 Å². The van der Waals surface area contributed by atoms with E-state index < -0.39 is 0 Å². The topological polar surface area (TPSA) is 41.7 Å². The van der Waals surface area contributed by atoms with E-state index >= 15 is 0 Å². The van der Waals surface area contributed by atoms with Crippen LogP contribution < -0.4 is 10.6 Å². The van der Waals surface area contributed by atoms with Gasteiger partial charge in [0.1, 0.15) is 4.99 Å². The second kappa shape index (κ2) is 6.30. The van der Waals surface area contributed by atoms with Gasteiger partial charge >= 0.3 is 0 Å². The Kier molecular flexibility index (Phi) is 4.42. The van der Waals surface area contributed by atoms with Gasteiger partial charge in [-0.25, -0.2) is 0 Å². The minimum atomic E-state index is 0.478. The molecule has 4 nitrogen and oxygen atoms in total. The first-order valence-corrected chi connectivity index (χ1v) is 8.03. The van der Waals surface area contributed by atoms with E-state index in [1.54, 1.807) is 0 Å². The predicted octanol–water partition coefficient (Wildman–Crippen LogP) is 1.54. The van der Waals surface area contributed by atoms with Crippen LogP contribution in [-0.2, 0) is 4.74 Å². The third-order valence-corrected chi connectivity index (χ3v) is 4.79. The van der Waals surface area contributed by atoms with Crippen LogP contribution in [0.25, 0.3) is 0 Å². The molecule has 1 aromatic rings. The van der Waals surface area contributed by atoms with Gasteiger partial charge in [-0.2, -0.15) is 0 Å². The molecule has 0 aliphatic carbocycles. The number of morpholine rings is 1. The van der Waals surface area contributed by atoms with Crippen molar-refractivity contribution in [3.05, 3.63) is 29.3 Å². The molecule has 0 bridgehead atoms.